The summed E-state index contributed by atoms with van der Waals surface area (Å²) in [6, 6.07) is 2.22. The highest BCUT2D eigenvalue weighted by Crippen LogP contribution is 2.35. The molecule has 1 aromatic rings. The van der Waals surface area contributed by atoms with Gasteiger partial charge >= 0.3 is 5.69 Å². The number of pyridine rings is 1. The number of piperazine rings is 1. The van der Waals surface area contributed by atoms with E-state index >= 15 is 0 Å². The van der Waals surface area contributed by atoms with Crippen LogP contribution >= 0.6 is 15.9 Å². The van der Waals surface area contributed by atoms with E-state index in [1.54, 1.807) is 6.20 Å². The summed E-state index contributed by atoms with van der Waals surface area (Å²) in [6.07, 6.45) is 3.63. The standard InChI is InChI=1S/C13H16BrN5O2/c1-2-10(7-15)17-3-5-18(6-4-17)13-11(14)8-16-9-12(13)19(20)21/h8-10H,2-6H2,1H3. The molecular formula is C13H16BrN5O2. The maximum atomic E-state index is 11.1. The van der Waals surface area contributed by atoms with Gasteiger partial charge in [0.15, 0.2) is 0 Å². The Balaban J connectivity index is 2.17. The third-order valence-corrected chi connectivity index (χ3v) is 4.24. The molecule has 0 amide bonds. The van der Waals surface area contributed by atoms with Crippen molar-refractivity contribution in [2.75, 3.05) is 31.1 Å². The van der Waals surface area contributed by atoms with E-state index in [2.05, 4.69) is 31.9 Å². The molecule has 7 nitrogen and oxygen atoms in total. The smallest absolute Gasteiger partial charge is 0.311 e. The van der Waals surface area contributed by atoms with Gasteiger partial charge in [0.2, 0.25) is 0 Å². The maximum absolute atomic E-state index is 11.1. The van der Waals surface area contributed by atoms with Crippen molar-refractivity contribution >= 4 is 27.3 Å². The number of aromatic nitrogens is 1. The second kappa shape index (κ2) is 6.83. The van der Waals surface area contributed by atoms with Gasteiger partial charge in [-0.05, 0) is 22.4 Å². The quantitative estimate of drug-likeness (QED) is 0.609. The number of rotatable bonds is 4. The van der Waals surface area contributed by atoms with Gasteiger partial charge in [0.1, 0.15) is 11.9 Å². The first kappa shape index (κ1) is 15.7. The van der Waals surface area contributed by atoms with E-state index in [-0.39, 0.29) is 11.7 Å². The molecule has 1 aliphatic heterocycles. The minimum Gasteiger partial charge on any atom is -0.362 e. The Morgan fingerprint density at radius 2 is 2.14 bits per heavy atom. The largest absolute Gasteiger partial charge is 0.362 e. The summed E-state index contributed by atoms with van der Waals surface area (Å²) in [4.78, 5) is 18.7. The van der Waals surface area contributed by atoms with Crippen LogP contribution in [0.15, 0.2) is 16.9 Å². The van der Waals surface area contributed by atoms with E-state index in [4.69, 9.17) is 5.26 Å². The molecule has 0 aromatic carbocycles. The van der Waals surface area contributed by atoms with Crippen LogP contribution in [-0.4, -0.2) is 47.0 Å². The van der Waals surface area contributed by atoms with E-state index < -0.39 is 4.92 Å². The van der Waals surface area contributed by atoms with Crippen molar-refractivity contribution in [3.05, 3.63) is 27.0 Å². The molecule has 0 aliphatic carbocycles. The Morgan fingerprint density at radius 1 is 1.48 bits per heavy atom. The molecular weight excluding hydrogens is 338 g/mol. The summed E-state index contributed by atoms with van der Waals surface area (Å²) in [5, 5.41) is 20.3. The van der Waals surface area contributed by atoms with E-state index in [0.717, 1.165) is 19.5 Å². The zero-order chi connectivity index (χ0) is 15.4. The van der Waals surface area contributed by atoms with Crippen molar-refractivity contribution in [2.45, 2.75) is 19.4 Å². The van der Waals surface area contributed by atoms with Crippen molar-refractivity contribution in [1.82, 2.24) is 9.88 Å². The highest BCUT2D eigenvalue weighted by Gasteiger charge is 2.28. The van der Waals surface area contributed by atoms with Gasteiger partial charge in [-0.15, -0.1) is 0 Å². The van der Waals surface area contributed by atoms with Gasteiger partial charge in [-0.3, -0.25) is 20.0 Å². The predicted octanol–water partition coefficient (Wildman–Crippen LogP) is 2.18. The molecule has 21 heavy (non-hydrogen) atoms. The van der Waals surface area contributed by atoms with Gasteiger partial charge in [-0.1, -0.05) is 6.92 Å². The average molecular weight is 354 g/mol. The molecule has 0 bridgehead atoms. The third kappa shape index (κ3) is 3.31. The lowest BCUT2D eigenvalue weighted by Crippen LogP contribution is -2.50. The number of anilines is 1. The van der Waals surface area contributed by atoms with Crippen molar-refractivity contribution in [1.29, 1.82) is 5.26 Å². The fourth-order valence-corrected chi connectivity index (χ4v) is 3.13. The number of nitrogens with zero attached hydrogens (tertiary/aromatic N) is 5. The number of hydrogen-bond acceptors (Lipinski definition) is 6. The Bertz CT molecular complexity index is 566. The Morgan fingerprint density at radius 3 is 2.67 bits per heavy atom. The van der Waals surface area contributed by atoms with Crippen molar-refractivity contribution < 1.29 is 4.92 Å². The van der Waals surface area contributed by atoms with Crippen molar-refractivity contribution in [3.8, 4) is 6.07 Å². The number of nitriles is 1. The molecule has 0 N–H and O–H groups in total. The highest BCUT2D eigenvalue weighted by atomic mass is 79.9. The molecule has 2 rings (SSSR count). The van der Waals surface area contributed by atoms with Crippen LogP contribution in [0.5, 0.6) is 0 Å². The summed E-state index contributed by atoms with van der Waals surface area (Å²) in [7, 11) is 0. The van der Waals surface area contributed by atoms with Crippen LogP contribution in [0.4, 0.5) is 11.4 Å². The molecule has 0 spiro atoms. The van der Waals surface area contributed by atoms with Crippen LogP contribution in [0.1, 0.15) is 13.3 Å². The zero-order valence-electron chi connectivity index (χ0n) is 11.7. The third-order valence-electron chi connectivity index (χ3n) is 3.66. The summed E-state index contributed by atoms with van der Waals surface area (Å²) in [5.74, 6) is 0. The van der Waals surface area contributed by atoms with Crippen LogP contribution < -0.4 is 4.90 Å². The van der Waals surface area contributed by atoms with Gasteiger partial charge < -0.3 is 4.90 Å². The molecule has 112 valence electrons. The van der Waals surface area contributed by atoms with Crippen molar-refractivity contribution in [2.24, 2.45) is 0 Å². The van der Waals surface area contributed by atoms with Crippen LogP contribution in [-0.2, 0) is 0 Å². The first-order chi connectivity index (χ1) is 10.1. The predicted molar refractivity (Wildman–Crippen MR) is 82.1 cm³/mol. The molecule has 8 heteroatoms. The average Bonchev–Trinajstić information content (AvgIpc) is 2.49. The summed E-state index contributed by atoms with van der Waals surface area (Å²) in [5.41, 5.74) is 0.574. The van der Waals surface area contributed by atoms with E-state index in [0.29, 0.717) is 23.2 Å². The Kier molecular flexibility index (Phi) is 5.09. The normalized spacial score (nSPS) is 17.3. The zero-order valence-corrected chi connectivity index (χ0v) is 13.3. The fraction of sp³-hybridized carbons (Fsp3) is 0.538. The molecule has 0 radical (unpaired) electrons. The SMILES string of the molecule is CCC(C#N)N1CCN(c2c(Br)cncc2[N+](=O)[O-])CC1. The first-order valence-electron chi connectivity index (χ1n) is 6.75. The van der Waals surface area contributed by atoms with Crippen LogP contribution in [0.2, 0.25) is 0 Å². The molecule has 2 heterocycles. The second-order valence-corrected chi connectivity index (χ2v) is 5.68. The lowest BCUT2D eigenvalue weighted by Gasteiger charge is -2.37. The molecule has 1 aliphatic rings. The number of hydrogen-bond donors (Lipinski definition) is 0. The second-order valence-electron chi connectivity index (χ2n) is 4.82. The first-order valence-corrected chi connectivity index (χ1v) is 7.54. The lowest BCUT2D eigenvalue weighted by molar-refractivity contribution is -0.384. The monoisotopic (exact) mass is 353 g/mol. The number of nitro groups is 1. The van der Waals surface area contributed by atoms with Crippen LogP contribution in [0, 0.1) is 21.4 Å². The van der Waals surface area contributed by atoms with Gasteiger partial charge in [-0.25, -0.2) is 0 Å². The topological polar surface area (TPSA) is 86.3 Å². The number of halogens is 1. The summed E-state index contributed by atoms with van der Waals surface area (Å²) < 4.78 is 0.623. The Hall–Kier alpha value is -1.72. The van der Waals surface area contributed by atoms with Gasteiger partial charge in [-0.2, -0.15) is 5.26 Å². The van der Waals surface area contributed by atoms with Gasteiger partial charge in [0.05, 0.1) is 21.5 Å². The molecule has 0 saturated carbocycles. The fourth-order valence-electron chi connectivity index (χ4n) is 2.55. The van der Waals surface area contributed by atoms with Gasteiger partial charge in [0, 0.05) is 32.4 Å². The van der Waals surface area contributed by atoms with E-state index in [1.165, 1.54) is 6.20 Å². The molecule has 1 saturated heterocycles. The molecule has 1 aromatic heterocycles. The van der Waals surface area contributed by atoms with Crippen LogP contribution in [0.3, 0.4) is 0 Å². The minimum absolute atomic E-state index is 0.00477. The van der Waals surface area contributed by atoms with E-state index in [9.17, 15) is 10.1 Å². The van der Waals surface area contributed by atoms with Crippen LogP contribution in [0.25, 0.3) is 0 Å². The van der Waals surface area contributed by atoms with E-state index in [1.807, 2.05) is 11.8 Å². The molecule has 1 fully saturated rings. The lowest BCUT2D eigenvalue weighted by atomic mass is 10.1. The minimum atomic E-state index is -0.413. The summed E-state index contributed by atoms with van der Waals surface area (Å²) in [6.45, 7) is 4.74. The molecule has 1 unspecified atom stereocenters. The molecule has 1 atom stereocenters. The van der Waals surface area contributed by atoms with Crippen molar-refractivity contribution in [3.63, 3.8) is 0 Å². The maximum Gasteiger partial charge on any atom is 0.311 e. The summed E-state index contributed by atoms with van der Waals surface area (Å²) >= 11 is 3.35. The van der Waals surface area contributed by atoms with Gasteiger partial charge in [0.25, 0.3) is 0 Å². The Labute approximate surface area is 131 Å². The highest BCUT2D eigenvalue weighted by molar-refractivity contribution is 9.10.